The van der Waals surface area contributed by atoms with Crippen LogP contribution in [0.5, 0.6) is 0 Å². The normalized spacial score (nSPS) is 14.0. The molecule has 17 heavy (non-hydrogen) atoms. The zero-order valence-corrected chi connectivity index (χ0v) is 10.5. The van der Waals surface area contributed by atoms with Crippen molar-refractivity contribution in [3.05, 3.63) is 35.6 Å². The molecule has 0 saturated carbocycles. The Hall–Kier alpha value is -1.33. The first kappa shape index (κ1) is 13.7. The largest absolute Gasteiger partial charge is 0.297 e. The van der Waals surface area contributed by atoms with Gasteiger partial charge in [0.15, 0.2) is 0 Å². The van der Waals surface area contributed by atoms with Crippen molar-refractivity contribution in [1.29, 1.82) is 0 Å². The fourth-order valence-electron chi connectivity index (χ4n) is 1.89. The number of halogens is 1. The molecule has 1 aromatic carbocycles. The van der Waals surface area contributed by atoms with Crippen LogP contribution in [0.25, 0.3) is 0 Å². The monoisotopic (exact) mass is 233 g/mol. The summed E-state index contributed by atoms with van der Waals surface area (Å²) in [5, 5.41) is 3.43. The lowest BCUT2D eigenvalue weighted by Gasteiger charge is -2.21. The fraction of sp³-hybridized carbons (Fsp3) is 0.467. The van der Waals surface area contributed by atoms with Crippen LogP contribution in [-0.4, -0.2) is 6.04 Å². The van der Waals surface area contributed by atoms with Crippen molar-refractivity contribution in [1.82, 2.24) is 5.32 Å². The highest BCUT2D eigenvalue weighted by Gasteiger charge is 2.13. The predicted octanol–water partition coefficient (Wildman–Crippen LogP) is 3.67. The van der Waals surface area contributed by atoms with Gasteiger partial charge in [0.05, 0.1) is 6.04 Å². The van der Waals surface area contributed by atoms with Crippen LogP contribution in [0.3, 0.4) is 0 Å². The number of hydrogen-bond donors (Lipinski definition) is 1. The third-order valence-electron chi connectivity index (χ3n) is 2.86. The molecule has 0 saturated heterocycles. The minimum absolute atomic E-state index is 0.0926. The molecule has 1 N–H and O–H groups in total. The van der Waals surface area contributed by atoms with Crippen LogP contribution in [0.1, 0.15) is 44.7 Å². The van der Waals surface area contributed by atoms with Crippen molar-refractivity contribution in [3.8, 4) is 12.3 Å². The predicted molar refractivity (Wildman–Crippen MR) is 70.1 cm³/mol. The van der Waals surface area contributed by atoms with Gasteiger partial charge in [0, 0.05) is 6.04 Å². The highest BCUT2D eigenvalue weighted by molar-refractivity contribution is 5.20. The van der Waals surface area contributed by atoms with Gasteiger partial charge in [0.25, 0.3) is 0 Å². The van der Waals surface area contributed by atoms with Crippen molar-refractivity contribution in [2.45, 2.75) is 45.2 Å². The van der Waals surface area contributed by atoms with Gasteiger partial charge < -0.3 is 0 Å². The molecule has 2 heteroatoms. The second-order valence-electron chi connectivity index (χ2n) is 4.19. The van der Waals surface area contributed by atoms with E-state index in [-0.39, 0.29) is 17.9 Å². The van der Waals surface area contributed by atoms with Crippen molar-refractivity contribution < 1.29 is 4.39 Å². The van der Waals surface area contributed by atoms with Gasteiger partial charge in [-0.25, -0.2) is 4.39 Å². The summed E-state index contributed by atoms with van der Waals surface area (Å²) in [5.41, 5.74) is 1.09. The Labute approximate surface area is 103 Å². The van der Waals surface area contributed by atoms with Gasteiger partial charge in [-0.1, -0.05) is 38.3 Å². The van der Waals surface area contributed by atoms with Gasteiger partial charge in [-0.15, -0.1) is 6.42 Å². The van der Waals surface area contributed by atoms with Crippen molar-refractivity contribution in [2.24, 2.45) is 0 Å². The van der Waals surface area contributed by atoms with E-state index in [0.717, 1.165) is 24.8 Å². The van der Waals surface area contributed by atoms with Crippen molar-refractivity contribution in [3.63, 3.8) is 0 Å². The van der Waals surface area contributed by atoms with E-state index in [9.17, 15) is 4.39 Å². The second kappa shape index (κ2) is 7.09. The summed E-state index contributed by atoms with van der Waals surface area (Å²) >= 11 is 0. The van der Waals surface area contributed by atoms with E-state index in [0.29, 0.717) is 0 Å². The van der Waals surface area contributed by atoms with Crippen LogP contribution in [-0.2, 0) is 0 Å². The van der Waals surface area contributed by atoms with E-state index in [2.05, 4.69) is 25.1 Å². The quantitative estimate of drug-likeness (QED) is 0.739. The molecule has 1 aromatic rings. The number of rotatable bonds is 6. The maximum Gasteiger partial charge on any atom is 0.123 e. The minimum atomic E-state index is -0.203. The molecule has 92 valence electrons. The standard InChI is InChI=1S/C15H20FN/c1-4-7-14(5-2)17-15(6-3)12-8-10-13(16)11-9-12/h2,8-11,14-15,17H,4,6-7H2,1,3H3. The molecule has 0 heterocycles. The summed E-state index contributed by atoms with van der Waals surface area (Å²) in [6.45, 7) is 4.21. The molecule has 1 rings (SSSR count). The van der Waals surface area contributed by atoms with E-state index in [4.69, 9.17) is 6.42 Å². The maximum atomic E-state index is 12.9. The molecule has 0 spiro atoms. The third kappa shape index (κ3) is 4.20. The third-order valence-corrected chi connectivity index (χ3v) is 2.86. The first-order chi connectivity index (χ1) is 8.21. The van der Waals surface area contributed by atoms with Crippen molar-refractivity contribution in [2.75, 3.05) is 0 Å². The Morgan fingerprint density at radius 1 is 1.29 bits per heavy atom. The first-order valence-corrected chi connectivity index (χ1v) is 6.18. The van der Waals surface area contributed by atoms with Crippen LogP contribution in [0.2, 0.25) is 0 Å². The molecule has 0 aliphatic rings. The topological polar surface area (TPSA) is 12.0 Å². The maximum absolute atomic E-state index is 12.9. The Morgan fingerprint density at radius 3 is 2.41 bits per heavy atom. The summed E-state index contributed by atoms with van der Waals surface area (Å²) in [5.74, 6) is 2.56. The lowest BCUT2D eigenvalue weighted by atomic mass is 10.0. The van der Waals surface area contributed by atoms with E-state index >= 15 is 0 Å². The van der Waals surface area contributed by atoms with Gasteiger partial charge in [-0.05, 0) is 30.5 Å². The average Bonchev–Trinajstić information content (AvgIpc) is 2.36. The Morgan fingerprint density at radius 2 is 1.94 bits per heavy atom. The van der Waals surface area contributed by atoms with Gasteiger partial charge in [0.2, 0.25) is 0 Å². The molecule has 1 nitrogen and oxygen atoms in total. The van der Waals surface area contributed by atoms with Gasteiger partial charge >= 0.3 is 0 Å². The molecule has 0 aromatic heterocycles. The highest BCUT2D eigenvalue weighted by atomic mass is 19.1. The van der Waals surface area contributed by atoms with Gasteiger partial charge in [-0.2, -0.15) is 0 Å². The minimum Gasteiger partial charge on any atom is -0.297 e. The molecule has 0 aliphatic carbocycles. The van der Waals surface area contributed by atoms with E-state index in [1.807, 2.05) is 12.1 Å². The number of nitrogens with one attached hydrogen (secondary N) is 1. The van der Waals surface area contributed by atoms with Crippen LogP contribution in [0.4, 0.5) is 4.39 Å². The molecule has 0 aliphatic heterocycles. The average molecular weight is 233 g/mol. The molecule has 0 amide bonds. The summed E-state index contributed by atoms with van der Waals surface area (Å²) < 4.78 is 12.9. The van der Waals surface area contributed by atoms with E-state index in [1.54, 1.807) is 0 Å². The summed E-state index contributed by atoms with van der Waals surface area (Å²) in [7, 11) is 0. The molecule has 0 fully saturated rings. The first-order valence-electron chi connectivity index (χ1n) is 6.18. The molecular weight excluding hydrogens is 213 g/mol. The highest BCUT2D eigenvalue weighted by Crippen LogP contribution is 2.18. The number of benzene rings is 1. The molecule has 2 unspecified atom stereocenters. The molecule has 0 radical (unpaired) electrons. The van der Waals surface area contributed by atoms with Crippen LogP contribution >= 0.6 is 0 Å². The van der Waals surface area contributed by atoms with Gasteiger partial charge in [0.1, 0.15) is 5.82 Å². The lowest BCUT2D eigenvalue weighted by Crippen LogP contribution is -2.31. The Bertz CT molecular complexity index is 364. The number of terminal acetylenes is 1. The van der Waals surface area contributed by atoms with Crippen LogP contribution in [0.15, 0.2) is 24.3 Å². The van der Waals surface area contributed by atoms with E-state index in [1.165, 1.54) is 12.1 Å². The SMILES string of the molecule is C#CC(CCC)NC(CC)c1ccc(F)cc1. The molecular formula is C15H20FN. The smallest absolute Gasteiger partial charge is 0.123 e. The Balaban J connectivity index is 2.71. The van der Waals surface area contributed by atoms with Crippen molar-refractivity contribution >= 4 is 0 Å². The number of hydrogen-bond acceptors (Lipinski definition) is 1. The zero-order chi connectivity index (χ0) is 12.7. The summed E-state index contributed by atoms with van der Waals surface area (Å²) in [6, 6.07) is 6.90. The molecule has 0 bridgehead atoms. The summed E-state index contributed by atoms with van der Waals surface area (Å²) in [6.07, 6.45) is 8.45. The van der Waals surface area contributed by atoms with Crippen LogP contribution in [0, 0.1) is 18.2 Å². The summed E-state index contributed by atoms with van der Waals surface area (Å²) in [4.78, 5) is 0. The van der Waals surface area contributed by atoms with E-state index < -0.39 is 0 Å². The fourth-order valence-corrected chi connectivity index (χ4v) is 1.89. The molecule has 2 atom stereocenters. The van der Waals surface area contributed by atoms with Gasteiger partial charge in [-0.3, -0.25) is 5.32 Å². The Kier molecular flexibility index (Phi) is 5.72. The zero-order valence-electron chi connectivity index (χ0n) is 10.5. The second-order valence-corrected chi connectivity index (χ2v) is 4.19. The lowest BCUT2D eigenvalue weighted by molar-refractivity contribution is 0.459. The van der Waals surface area contributed by atoms with Crippen LogP contribution < -0.4 is 5.32 Å².